The zero-order chi connectivity index (χ0) is 11.7. The molecule has 3 rings (SSSR count). The smallest absolute Gasteiger partial charge is 0.224 e. The molecule has 1 aliphatic heterocycles. The van der Waals surface area contributed by atoms with Crippen LogP contribution in [0.5, 0.6) is 0 Å². The zero-order valence-corrected chi connectivity index (χ0v) is 9.39. The van der Waals surface area contributed by atoms with E-state index in [9.17, 15) is 4.79 Å². The third-order valence-corrected chi connectivity index (χ3v) is 3.31. The fourth-order valence-electron chi connectivity index (χ4n) is 2.42. The monoisotopic (exact) mass is 223 g/mol. The average molecular weight is 223 g/mol. The van der Waals surface area contributed by atoms with Gasteiger partial charge in [0.2, 0.25) is 5.91 Å². The minimum Gasteiger partial charge on any atom is -0.342 e. The number of carbonyl (C=O) groups is 1. The summed E-state index contributed by atoms with van der Waals surface area (Å²) >= 11 is 0. The Balaban J connectivity index is 2.09. The number of nitrogens with one attached hydrogen (secondary N) is 1. The zero-order valence-electron chi connectivity index (χ0n) is 9.39. The van der Waals surface area contributed by atoms with Crippen LogP contribution < -0.4 is 5.32 Å². The quantitative estimate of drug-likeness (QED) is 0.778. The van der Waals surface area contributed by atoms with Gasteiger partial charge in [-0.1, -0.05) is 60.7 Å². The molecule has 0 saturated carbocycles. The predicted octanol–water partition coefficient (Wildman–Crippen LogP) is 2.45. The van der Waals surface area contributed by atoms with Gasteiger partial charge in [0.05, 0.1) is 12.0 Å². The van der Waals surface area contributed by atoms with Crippen LogP contribution in [0.25, 0.3) is 0 Å². The maximum absolute atomic E-state index is 11.4. The van der Waals surface area contributed by atoms with Crippen LogP contribution in [0.4, 0.5) is 0 Å². The molecule has 1 heterocycles. The highest BCUT2D eigenvalue weighted by Crippen LogP contribution is 2.38. The van der Waals surface area contributed by atoms with Crippen molar-refractivity contribution in [2.45, 2.75) is 12.0 Å². The first-order valence-electron chi connectivity index (χ1n) is 5.73. The first-order chi connectivity index (χ1) is 8.31. The van der Waals surface area contributed by atoms with Gasteiger partial charge in [-0.3, -0.25) is 4.79 Å². The molecule has 2 aromatic rings. The van der Waals surface area contributed by atoms with E-state index in [1.54, 1.807) is 0 Å². The summed E-state index contributed by atoms with van der Waals surface area (Å²) in [6, 6.07) is 20.2. The van der Waals surface area contributed by atoms with Crippen molar-refractivity contribution in [2.75, 3.05) is 0 Å². The van der Waals surface area contributed by atoms with Gasteiger partial charge >= 0.3 is 0 Å². The van der Waals surface area contributed by atoms with Crippen molar-refractivity contribution in [3.8, 4) is 0 Å². The molecule has 84 valence electrons. The molecule has 1 aliphatic rings. The normalized spacial score (nSPS) is 17.1. The lowest BCUT2D eigenvalue weighted by Gasteiger charge is -2.43. The Morgan fingerprint density at radius 2 is 1.24 bits per heavy atom. The highest BCUT2D eigenvalue weighted by molar-refractivity contribution is 5.87. The van der Waals surface area contributed by atoms with E-state index in [1.807, 2.05) is 36.4 Å². The Morgan fingerprint density at radius 3 is 1.59 bits per heavy atom. The van der Waals surface area contributed by atoms with E-state index in [0.29, 0.717) is 6.42 Å². The van der Waals surface area contributed by atoms with Crippen molar-refractivity contribution in [2.24, 2.45) is 0 Å². The predicted molar refractivity (Wildman–Crippen MR) is 66.4 cm³/mol. The van der Waals surface area contributed by atoms with Crippen molar-refractivity contribution in [1.82, 2.24) is 5.32 Å². The topological polar surface area (TPSA) is 29.1 Å². The summed E-state index contributed by atoms with van der Waals surface area (Å²) in [6.07, 6.45) is 0.529. The number of hydrogen-bond acceptors (Lipinski definition) is 1. The summed E-state index contributed by atoms with van der Waals surface area (Å²) in [7, 11) is 0. The Bertz CT molecular complexity index is 484. The second-order valence-electron chi connectivity index (χ2n) is 4.36. The molecule has 1 saturated heterocycles. The number of carbonyl (C=O) groups excluding carboxylic acids is 1. The molecular weight excluding hydrogens is 210 g/mol. The molecule has 0 bridgehead atoms. The van der Waals surface area contributed by atoms with E-state index >= 15 is 0 Å². The van der Waals surface area contributed by atoms with Gasteiger partial charge in [-0.2, -0.15) is 0 Å². The largest absolute Gasteiger partial charge is 0.342 e. The van der Waals surface area contributed by atoms with Crippen LogP contribution in [0.15, 0.2) is 60.7 Å². The van der Waals surface area contributed by atoms with Gasteiger partial charge in [-0.15, -0.1) is 0 Å². The van der Waals surface area contributed by atoms with Gasteiger partial charge < -0.3 is 5.32 Å². The second kappa shape index (κ2) is 3.74. The Morgan fingerprint density at radius 1 is 0.824 bits per heavy atom. The highest BCUT2D eigenvalue weighted by atomic mass is 16.2. The van der Waals surface area contributed by atoms with E-state index in [1.165, 1.54) is 0 Å². The van der Waals surface area contributed by atoms with Gasteiger partial charge in [-0.05, 0) is 11.1 Å². The van der Waals surface area contributed by atoms with E-state index in [-0.39, 0.29) is 11.4 Å². The molecular formula is C15H13NO. The SMILES string of the molecule is O=C1CC(c2ccccc2)(c2ccccc2)N1. The maximum Gasteiger partial charge on any atom is 0.224 e. The summed E-state index contributed by atoms with van der Waals surface area (Å²) in [5, 5.41) is 3.05. The van der Waals surface area contributed by atoms with E-state index in [4.69, 9.17) is 0 Å². The summed E-state index contributed by atoms with van der Waals surface area (Å²) in [6.45, 7) is 0. The number of hydrogen-bond donors (Lipinski definition) is 1. The van der Waals surface area contributed by atoms with Crippen LogP contribution in [0, 0.1) is 0 Å². The Hall–Kier alpha value is -2.09. The molecule has 2 nitrogen and oxygen atoms in total. The molecule has 0 aromatic heterocycles. The van der Waals surface area contributed by atoms with Crippen LogP contribution in [-0.2, 0) is 10.3 Å². The molecule has 0 spiro atoms. The molecule has 17 heavy (non-hydrogen) atoms. The number of benzene rings is 2. The standard InChI is InChI=1S/C15H13NO/c17-14-11-15(16-14,12-7-3-1-4-8-12)13-9-5-2-6-10-13/h1-10H,11H2,(H,16,17). The van der Waals surface area contributed by atoms with E-state index < -0.39 is 0 Å². The van der Waals surface area contributed by atoms with Crippen LogP contribution in [0.3, 0.4) is 0 Å². The van der Waals surface area contributed by atoms with E-state index in [0.717, 1.165) is 11.1 Å². The lowest BCUT2D eigenvalue weighted by molar-refractivity contribution is -0.131. The summed E-state index contributed by atoms with van der Waals surface area (Å²) < 4.78 is 0. The highest BCUT2D eigenvalue weighted by Gasteiger charge is 2.45. The molecule has 0 atom stereocenters. The first-order valence-corrected chi connectivity index (χ1v) is 5.73. The van der Waals surface area contributed by atoms with Crippen molar-refractivity contribution in [3.63, 3.8) is 0 Å². The van der Waals surface area contributed by atoms with Crippen LogP contribution in [0.2, 0.25) is 0 Å². The van der Waals surface area contributed by atoms with Gasteiger partial charge in [-0.25, -0.2) is 0 Å². The van der Waals surface area contributed by atoms with Crippen LogP contribution in [0.1, 0.15) is 17.5 Å². The molecule has 1 amide bonds. The molecule has 2 heteroatoms. The Labute approximate surface area is 100 Å². The average Bonchev–Trinajstić information content (AvgIpc) is 2.37. The van der Waals surface area contributed by atoms with Crippen LogP contribution >= 0.6 is 0 Å². The van der Waals surface area contributed by atoms with Gasteiger partial charge in [0.25, 0.3) is 0 Å². The summed E-state index contributed by atoms with van der Waals surface area (Å²) in [5.74, 6) is 0.109. The van der Waals surface area contributed by atoms with Gasteiger partial charge in [0.1, 0.15) is 0 Å². The molecule has 1 fully saturated rings. The third-order valence-electron chi connectivity index (χ3n) is 3.31. The lowest BCUT2D eigenvalue weighted by atomic mass is 9.75. The molecule has 2 aromatic carbocycles. The maximum atomic E-state index is 11.4. The lowest BCUT2D eigenvalue weighted by Crippen LogP contribution is -2.58. The van der Waals surface area contributed by atoms with Gasteiger partial charge in [0.15, 0.2) is 0 Å². The van der Waals surface area contributed by atoms with Crippen molar-refractivity contribution in [3.05, 3.63) is 71.8 Å². The fourth-order valence-corrected chi connectivity index (χ4v) is 2.42. The van der Waals surface area contributed by atoms with Gasteiger partial charge in [0, 0.05) is 0 Å². The molecule has 1 N–H and O–H groups in total. The minimum absolute atomic E-state index is 0.109. The minimum atomic E-state index is -0.320. The molecule has 0 unspecified atom stereocenters. The van der Waals surface area contributed by atoms with Crippen molar-refractivity contribution < 1.29 is 4.79 Å². The van der Waals surface area contributed by atoms with Crippen molar-refractivity contribution >= 4 is 5.91 Å². The van der Waals surface area contributed by atoms with E-state index in [2.05, 4.69) is 29.6 Å². The second-order valence-corrected chi connectivity index (χ2v) is 4.36. The Kier molecular flexibility index (Phi) is 2.22. The number of β-lactam (4-membered cyclic amide) rings is 1. The summed E-state index contributed by atoms with van der Waals surface area (Å²) in [4.78, 5) is 11.4. The fraction of sp³-hybridized carbons (Fsp3) is 0.133. The summed E-state index contributed by atoms with van der Waals surface area (Å²) in [5.41, 5.74) is 1.97. The number of amides is 1. The number of rotatable bonds is 2. The third kappa shape index (κ3) is 1.53. The molecule has 0 radical (unpaired) electrons. The molecule has 0 aliphatic carbocycles. The first kappa shape index (κ1) is 10.1. The van der Waals surface area contributed by atoms with Crippen LogP contribution in [-0.4, -0.2) is 5.91 Å². The van der Waals surface area contributed by atoms with Crippen molar-refractivity contribution in [1.29, 1.82) is 0 Å².